The molecule has 0 aliphatic heterocycles. The number of hydrogen-bond acceptors (Lipinski definition) is 4. The first-order valence-electron chi connectivity index (χ1n) is 7.81. The quantitative estimate of drug-likeness (QED) is 0.676. The number of amides is 1. The molecule has 0 saturated heterocycles. The van der Waals surface area contributed by atoms with Gasteiger partial charge in [0.05, 0.1) is 18.8 Å². The molecule has 25 heavy (non-hydrogen) atoms. The summed E-state index contributed by atoms with van der Waals surface area (Å²) in [7, 11) is 0. The third-order valence-electron chi connectivity index (χ3n) is 3.12. The Labute approximate surface area is 160 Å². The number of halogens is 1. The molecule has 0 unspecified atom stereocenters. The summed E-state index contributed by atoms with van der Waals surface area (Å²) in [4.78, 5) is 12.5. The largest absolute Gasteiger partial charge is 0.494 e. The molecule has 0 saturated carbocycles. The topological polar surface area (TPSA) is 59.6 Å². The Balaban J connectivity index is 2.06. The van der Waals surface area contributed by atoms with Crippen LogP contribution in [0.4, 0.5) is 5.69 Å². The van der Waals surface area contributed by atoms with Crippen LogP contribution in [0, 0.1) is 0 Å². The number of nitrogens with one attached hydrogen (secondary N) is 2. The molecule has 2 aromatic carbocycles. The predicted octanol–water partition coefficient (Wildman–Crippen LogP) is 4.37. The highest BCUT2D eigenvalue weighted by Crippen LogP contribution is 2.23. The van der Waals surface area contributed by atoms with E-state index in [1.165, 1.54) is 0 Å². The summed E-state index contributed by atoms with van der Waals surface area (Å²) in [5.41, 5.74) is 1.14. The summed E-state index contributed by atoms with van der Waals surface area (Å²) in [6, 6.07) is 12.6. The Morgan fingerprint density at radius 3 is 2.60 bits per heavy atom. The van der Waals surface area contributed by atoms with E-state index >= 15 is 0 Å². The predicted molar refractivity (Wildman–Crippen MR) is 107 cm³/mol. The van der Waals surface area contributed by atoms with Gasteiger partial charge in [-0.3, -0.25) is 10.1 Å². The number of anilines is 1. The van der Waals surface area contributed by atoms with Crippen LogP contribution in [0.25, 0.3) is 0 Å². The van der Waals surface area contributed by atoms with Crippen LogP contribution in [0.3, 0.4) is 0 Å². The zero-order valence-corrected chi connectivity index (χ0v) is 16.4. The number of ether oxygens (including phenoxy) is 2. The lowest BCUT2D eigenvalue weighted by molar-refractivity contribution is 0.0974. The molecule has 0 aromatic heterocycles. The van der Waals surface area contributed by atoms with Gasteiger partial charge in [0.2, 0.25) is 0 Å². The van der Waals surface area contributed by atoms with Crippen LogP contribution >= 0.6 is 28.1 Å². The molecule has 0 bridgehead atoms. The third kappa shape index (κ3) is 5.72. The minimum Gasteiger partial charge on any atom is -0.494 e. The van der Waals surface area contributed by atoms with Gasteiger partial charge in [-0.25, -0.2) is 0 Å². The van der Waals surface area contributed by atoms with Crippen molar-refractivity contribution in [3.63, 3.8) is 0 Å². The maximum atomic E-state index is 12.5. The minimum atomic E-state index is -0.344. The lowest BCUT2D eigenvalue weighted by Gasteiger charge is -2.13. The molecule has 1 amide bonds. The standard InChI is InChI=1S/C18H19BrN2O3S/c1-3-23-14-7-5-6-13(11-14)20-18(25)21-17(22)15-10-12(19)8-9-16(15)24-4-2/h5-11H,3-4H2,1-2H3,(H2,20,21,22,25). The van der Waals surface area contributed by atoms with Crippen molar-refractivity contribution in [1.82, 2.24) is 5.32 Å². The molecule has 0 spiro atoms. The Morgan fingerprint density at radius 1 is 1.12 bits per heavy atom. The zero-order valence-electron chi connectivity index (χ0n) is 14.0. The average molecular weight is 423 g/mol. The molecule has 2 aromatic rings. The van der Waals surface area contributed by atoms with E-state index in [2.05, 4.69) is 26.6 Å². The van der Waals surface area contributed by atoms with Gasteiger partial charge in [-0.15, -0.1) is 0 Å². The second-order valence-electron chi connectivity index (χ2n) is 4.94. The normalized spacial score (nSPS) is 10.0. The highest BCUT2D eigenvalue weighted by Gasteiger charge is 2.14. The summed E-state index contributed by atoms with van der Waals surface area (Å²) < 4.78 is 11.7. The molecule has 0 radical (unpaired) electrons. The first-order chi connectivity index (χ1) is 12.0. The Morgan fingerprint density at radius 2 is 1.88 bits per heavy atom. The van der Waals surface area contributed by atoms with Gasteiger partial charge in [0.1, 0.15) is 11.5 Å². The molecule has 2 N–H and O–H groups in total. The molecular formula is C18H19BrN2O3S. The van der Waals surface area contributed by atoms with Gasteiger partial charge in [-0.2, -0.15) is 0 Å². The lowest BCUT2D eigenvalue weighted by Crippen LogP contribution is -2.34. The molecule has 0 aliphatic rings. The number of carbonyl (C=O) groups is 1. The van der Waals surface area contributed by atoms with E-state index in [0.29, 0.717) is 24.5 Å². The first-order valence-corrected chi connectivity index (χ1v) is 9.01. The monoisotopic (exact) mass is 422 g/mol. The fourth-order valence-electron chi connectivity index (χ4n) is 2.12. The van der Waals surface area contributed by atoms with Gasteiger partial charge in [0.15, 0.2) is 5.11 Å². The summed E-state index contributed by atoms with van der Waals surface area (Å²) in [6.07, 6.45) is 0. The maximum absolute atomic E-state index is 12.5. The maximum Gasteiger partial charge on any atom is 0.261 e. The van der Waals surface area contributed by atoms with E-state index in [4.69, 9.17) is 21.7 Å². The summed E-state index contributed by atoms with van der Waals surface area (Å²) >= 11 is 8.58. The SMILES string of the molecule is CCOc1cccc(NC(=S)NC(=O)c2cc(Br)ccc2OCC)c1. The van der Waals surface area contributed by atoms with Gasteiger partial charge in [-0.1, -0.05) is 22.0 Å². The Hall–Kier alpha value is -2.12. The fourth-order valence-corrected chi connectivity index (χ4v) is 2.70. The van der Waals surface area contributed by atoms with Crippen molar-refractivity contribution in [3.05, 3.63) is 52.5 Å². The van der Waals surface area contributed by atoms with Crippen molar-refractivity contribution in [3.8, 4) is 11.5 Å². The van der Waals surface area contributed by atoms with Gasteiger partial charge in [0, 0.05) is 16.2 Å². The van der Waals surface area contributed by atoms with Crippen molar-refractivity contribution in [2.75, 3.05) is 18.5 Å². The van der Waals surface area contributed by atoms with Crippen LogP contribution in [0.5, 0.6) is 11.5 Å². The van der Waals surface area contributed by atoms with Crippen molar-refractivity contribution < 1.29 is 14.3 Å². The highest BCUT2D eigenvalue weighted by molar-refractivity contribution is 9.10. The first kappa shape index (κ1) is 19.2. The van der Waals surface area contributed by atoms with Crippen LogP contribution in [0.1, 0.15) is 24.2 Å². The third-order valence-corrected chi connectivity index (χ3v) is 3.81. The molecule has 7 heteroatoms. The second kappa shape index (κ2) is 9.39. The van der Waals surface area contributed by atoms with Crippen LogP contribution < -0.4 is 20.1 Å². The molecule has 0 fully saturated rings. The molecular weight excluding hydrogens is 404 g/mol. The van der Waals surface area contributed by atoms with Crippen molar-refractivity contribution in [1.29, 1.82) is 0 Å². The number of hydrogen-bond donors (Lipinski definition) is 2. The van der Waals surface area contributed by atoms with Crippen LogP contribution in [-0.2, 0) is 0 Å². The summed E-state index contributed by atoms with van der Waals surface area (Å²) in [6.45, 7) is 4.82. The Kier molecular flexibility index (Phi) is 7.21. The molecule has 2 rings (SSSR count). The summed E-state index contributed by atoms with van der Waals surface area (Å²) in [5.74, 6) is 0.889. The Bertz CT molecular complexity index is 768. The summed E-state index contributed by atoms with van der Waals surface area (Å²) in [5, 5.41) is 5.83. The molecule has 0 atom stereocenters. The van der Waals surface area contributed by atoms with Gasteiger partial charge >= 0.3 is 0 Å². The minimum absolute atomic E-state index is 0.195. The van der Waals surface area contributed by atoms with Crippen molar-refractivity contribution in [2.45, 2.75) is 13.8 Å². The van der Waals surface area contributed by atoms with Crippen molar-refractivity contribution >= 4 is 44.9 Å². The molecule has 5 nitrogen and oxygen atoms in total. The second-order valence-corrected chi connectivity index (χ2v) is 6.27. The number of rotatable bonds is 6. The average Bonchev–Trinajstić information content (AvgIpc) is 2.57. The number of carbonyl (C=O) groups excluding carboxylic acids is 1. The van der Waals surface area contributed by atoms with Crippen LogP contribution in [0.2, 0.25) is 0 Å². The number of thiocarbonyl (C=S) groups is 1. The van der Waals surface area contributed by atoms with E-state index in [9.17, 15) is 4.79 Å². The van der Waals surface area contributed by atoms with Crippen LogP contribution in [0.15, 0.2) is 46.9 Å². The van der Waals surface area contributed by atoms with Crippen LogP contribution in [-0.4, -0.2) is 24.2 Å². The van der Waals surface area contributed by atoms with Gasteiger partial charge in [0.25, 0.3) is 5.91 Å². The molecule has 0 aliphatic carbocycles. The van der Waals surface area contributed by atoms with Crippen molar-refractivity contribution in [2.24, 2.45) is 0 Å². The highest BCUT2D eigenvalue weighted by atomic mass is 79.9. The smallest absolute Gasteiger partial charge is 0.261 e. The van der Waals surface area contributed by atoms with E-state index < -0.39 is 0 Å². The number of benzene rings is 2. The molecule has 132 valence electrons. The zero-order chi connectivity index (χ0) is 18.2. The van der Waals surface area contributed by atoms with E-state index in [-0.39, 0.29) is 11.0 Å². The van der Waals surface area contributed by atoms with Gasteiger partial charge < -0.3 is 14.8 Å². The fraction of sp³-hybridized carbons (Fsp3) is 0.222. The van der Waals surface area contributed by atoms with E-state index in [1.807, 2.05) is 44.2 Å². The molecule has 0 heterocycles. The lowest BCUT2D eigenvalue weighted by atomic mass is 10.2. The van der Waals surface area contributed by atoms with E-state index in [1.54, 1.807) is 12.1 Å². The van der Waals surface area contributed by atoms with Gasteiger partial charge in [-0.05, 0) is 56.4 Å². The van der Waals surface area contributed by atoms with E-state index in [0.717, 1.165) is 15.9 Å².